The molecule has 12 heteroatoms. The van der Waals surface area contributed by atoms with Crippen LogP contribution in [0, 0.1) is 15.9 Å². The minimum absolute atomic E-state index is 0.0971. The molecule has 0 spiro atoms. The molecule has 3 aliphatic rings. The minimum atomic E-state index is -3.06. The zero-order valence-electron chi connectivity index (χ0n) is 18.0. The third kappa shape index (κ3) is 3.70. The quantitative estimate of drug-likeness (QED) is 0.200. The second-order valence-electron chi connectivity index (χ2n) is 8.44. The molecule has 2 fully saturated rings. The summed E-state index contributed by atoms with van der Waals surface area (Å²) in [5.74, 6) is -0.162. The van der Waals surface area contributed by atoms with Crippen molar-refractivity contribution >= 4 is 13.4 Å². The van der Waals surface area contributed by atoms with E-state index in [1.54, 1.807) is 18.3 Å². The SMILES string of the molecule is O=[N+]([O-])c1ccc2c(c1Oc1ccc(F)c(-n3cccn3)c1)CC[C@H]2OP(=O)(N1CC1)N1CC1. The van der Waals surface area contributed by atoms with E-state index in [1.165, 1.54) is 35.1 Å². The molecule has 3 heterocycles. The first-order valence-electron chi connectivity index (χ1n) is 11.0. The van der Waals surface area contributed by atoms with E-state index >= 15 is 0 Å². The van der Waals surface area contributed by atoms with Gasteiger partial charge in [0.1, 0.15) is 17.3 Å². The highest BCUT2D eigenvalue weighted by Gasteiger charge is 2.51. The van der Waals surface area contributed by atoms with Crippen LogP contribution in [0.2, 0.25) is 0 Å². The Morgan fingerprint density at radius 2 is 1.91 bits per heavy atom. The summed E-state index contributed by atoms with van der Waals surface area (Å²) in [7, 11) is -3.06. The number of nitro benzene ring substituents is 1. The van der Waals surface area contributed by atoms with E-state index in [2.05, 4.69) is 5.10 Å². The lowest BCUT2D eigenvalue weighted by molar-refractivity contribution is -0.385. The predicted molar refractivity (Wildman–Crippen MR) is 120 cm³/mol. The fourth-order valence-corrected chi connectivity index (χ4v) is 6.69. The molecule has 6 rings (SSSR count). The van der Waals surface area contributed by atoms with Crippen molar-refractivity contribution in [3.8, 4) is 17.2 Å². The molecule has 2 saturated heterocycles. The van der Waals surface area contributed by atoms with Gasteiger partial charge >= 0.3 is 13.4 Å². The van der Waals surface area contributed by atoms with Crippen molar-refractivity contribution in [2.75, 3.05) is 26.2 Å². The number of nitrogens with zero attached hydrogens (tertiary/aromatic N) is 5. The Morgan fingerprint density at radius 3 is 2.56 bits per heavy atom. The molecule has 0 saturated carbocycles. The van der Waals surface area contributed by atoms with E-state index in [1.807, 2.05) is 9.34 Å². The third-order valence-corrected chi connectivity index (χ3v) is 8.95. The molecule has 176 valence electrons. The summed E-state index contributed by atoms with van der Waals surface area (Å²) in [6, 6.07) is 8.81. The maximum atomic E-state index is 14.4. The second kappa shape index (κ2) is 7.99. The molecule has 0 N–H and O–H groups in total. The van der Waals surface area contributed by atoms with Crippen LogP contribution < -0.4 is 4.74 Å². The lowest BCUT2D eigenvalue weighted by atomic mass is 10.1. The van der Waals surface area contributed by atoms with Crippen LogP contribution in [0.3, 0.4) is 0 Å². The lowest BCUT2D eigenvalue weighted by Crippen LogP contribution is -2.11. The van der Waals surface area contributed by atoms with Crippen molar-refractivity contribution < 1.29 is 23.1 Å². The molecule has 0 unspecified atom stereocenters. The van der Waals surface area contributed by atoms with Crippen LogP contribution in [0.5, 0.6) is 11.5 Å². The van der Waals surface area contributed by atoms with Gasteiger partial charge in [0.15, 0.2) is 0 Å². The topological polar surface area (TPSA) is 103 Å². The second-order valence-corrected chi connectivity index (χ2v) is 10.8. The standard InChI is InChI=1S/C22H21FN5O5P/c23-18-5-2-15(14-20(18)27-9-1-8-24-27)32-22-17-4-7-21(16(17)3-6-19(22)28(29)30)33-34(31,25-10-11-25)26-12-13-26/h1-3,5-6,8-9,14,21H,4,7,10-13H2/t21-/m1/s1. The van der Waals surface area contributed by atoms with Crippen molar-refractivity contribution in [1.29, 1.82) is 0 Å². The third-order valence-electron chi connectivity index (χ3n) is 6.19. The number of halogens is 1. The number of fused-ring (bicyclic) bond motifs is 1. The van der Waals surface area contributed by atoms with Crippen molar-refractivity contribution in [2.45, 2.75) is 18.9 Å². The summed E-state index contributed by atoms with van der Waals surface area (Å²) in [4.78, 5) is 11.3. The van der Waals surface area contributed by atoms with E-state index in [0.29, 0.717) is 18.4 Å². The monoisotopic (exact) mass is 485 g/mol. The Balaban J connectivity index is 1.35. The maximum Gasteiger partial charge on any atom is 0.346 e. The minimum Gasteiger partial charge on any atom is -0.450 e. The molecular weight excluding hydrogens is 464 g/mol. The Kier molecular flexibility index (Phi) is 5.03. The molecule has 3 aromatic rings. The highest BCUT2D eigenvalue weighted by molar-refractivity contribution is 7.54. The first-order chi connectivity index (χ1) is 16.4. The molecular formula is C22H21FN5O5P. The normalized spacial score (nSPS) is 19.7. The first-order valence-corrected chi connectivity index (χ1v) is 12.5. The highest BCUT2D eigenvalue weighted by atomic mass is 31.2. The highest BCUT2D eigenvalue weighted by Crippen LogP contribution is 2.64. The van der Waals surface area contributed by atoms with Gasteiger partial charge in [-0.3, -0.25) is 19.2 Å². The Bertz CT molecular complexity index is 1310. The van der Waals surface area contributed by atoms with E-state index < -0.39 is 24.5 Å². The largest absolute Gasteiger partial charge is 0.450 e. The van der Waals surface area contributed by atoms with Gasteiger partial charge in [0.2, 0.25) is 5.75 Å². The van der Waals surface area contributed by atoms with Crippen LogP contribution in [-0.2, 0) is 15.5 Å². The molecule has 1 aromatic heterocycles. The van der Waals surface area contributed by atoms with Crippen LogP contribution in [0.1, 0.15) is 23.7 Å². The number of benzene rings is 2. The van der Waals surface area contributed by atoms with Gasteiger partial charge in [-0.1, -0.05) is 0 Å². The number of nitro groups is 1. The first kappa shape index (κ1) is 21.4. The number of hydrogen-bond acceptors (Lipinski definition) is 6. The molecule has 10 nitrogen and oxygen atoms in total. The molecule has 0 radical (unpaired) electrons. The molecule has 2 aromatic carbocycles. The van der Waals surface area contributed by atoms with Gasteiger partial charge in [-0.25, -0.2) is 18.4 Å². The summed E-state index contributed by atoms with van der Waals surface area (Å²) in [5.41, 5.74) is 1.35. The number of hydrogen-bond donors (Lipinski definition) is 0. The Hall–Kier alpha value is -3.11. The number of aromatic nitrogens is 2. The van der Waals surface area contributed by atoms with Gasteiger partial charge in [0.25, 0.3) is 0 Å². The van der Waals surface area contributed by atoms with Crippen molar-refractivity contribution in [3.05, 3.63) is 75.9 Å². The maximum absolute atomic E-state index is 14.4. The lowest BCUT2D eigenvalue weighted by Gasteiger charge is -2.24. The van der Waals surface area contributed by atoms with Crippen molar-refractivity contribution in [1.82, 2.24) is 19.1 Å². The molecule has 0 bridgehead atoms. The van der Waals surface area contributed by atoms with Crippen molar-refractivity contribution in [2.24, 2.45) is 0 Å². The molecule has 2 aliphatic heterocycles. The average Bonchev–Trinajstić information content (AvgIpc) is 3.76. The number of ether oxygens (including phenoxy) is 1. The molecule has 0 amide bonds. The Morgan fingerprint density at radius 1 is 1.15 bits per heavy atom. The van der Waals surface area contributed by atoms with Gasteiger partial charge in [-0.15, -0.1) is 0 Å². The zero-order valence-corrected chi connectivity index (χ0v) is 18.9. The fraction of sp³-hybridized carbons (Fsp3) is 0.318. The summed E-state index contributed by atoms with van der Waals surface area (Å²) in [6.07, 6.45) is 3.69. The van der Waals surface area contributed by atoms with Gasteiger partial charge in [-0.05, 0) is 42.7 Å². The van der Waals surface area contributed by atoms with Gasteiger partial charge in [0.05, 0.1) is 11.0 Å². The smallest absolute Gasteiger partial charge is 0.346 e. The van der Waals surface area contributed by atoms with Crippen LogP contribution in [0.15, 0.2) is 48.8 Å². The predicted octanol–water partition coefficient (Wildman–Crippen LogP) is 4.46. The summed E-state index contributed by atoms with van der Waals surface area (Å²) in [5, 5.41) is 15.8. The van der Waals surface area contributed by atoms with E-state index in [0.717, 1.165) is 31.7 Å². The fourth-order valence-electron chi connectivity index (χ4n) is 4.32. The van der Waals surface area contributed by atoms with Crippen LogP contribution in [0.4, 0.5) is 10.1 Å². The zero-order chi connectivity index (χ0) is 23.4. The number of rotatable bonds is 8. The molecule has 1 aliphatic carbocycles. The van der Waals surface area contributed by atoms with Crippen LogP contribution in [0.25, 0.3) is 5.69 Å². The van der Waals surface area contributed by atoms with E-state index in [4.69, 9.17) is 9.26 Å². The molecule has 34 heavy (non-hydrogen) atoms. The van der Waals surface area contributed by atoms with Crippen molar-refractivity contribution in [3.63, 3.8) is 0 Å². The van der Waals surface area contributed by atoms with Gasteiger partial charge in [-0.2, -0.15) is 5.10 Å². The molecule has 1 atom stereocenters. The van der Waals surface area contributed by atoms with Crippen LogP contribution >= 0.6 is 7.67 Å². The van der Waals surface area contributed by atoms with Crippen LogP contribution in [-0.4, -0.2) is 50.2 Å². The average molecular weight is 485 g/mol. The van der Waals surface area contributed by atoms with Gasteiger partial charge in [0, 0.05) is 56.3 Å². The van der Waals surface area contributed by atoms with Gasteiger partial charge < -0.3 is 4.74 Å². The summed E-state index contributed by atoms with van der Waals surface area (Å²) in [6.45, 7) is 2.96. The van der Waals surface area contributed by atoms with E-state index in [-0.39, 0.29) is 22.9 Å². The summed E-state index contributed by atoms with van der Waals surface area (Å²) < 4.78 is 45.1. The van der Waals surface area contributed by atoms with E-state index in [9.17, 15) is 19.1 Å². The summed E-state index contributed by atoms with van der Waals surface area (Å²) >= 11 is 0. The Labute approximate surface area is 194 Å².